The fourth-order valence-electron chi connectivity index (χ4n) is 0.636. The third-order valence-corrected chi connectivity index (χ3v) is 1.78. The number of halogens is 1. The van der Waals surface area contributed by atoms with Crippen LogP contribution in [0.25, 0.3) is 0 Å². The van der Waals surface area contributed by atoms with E-state index < -0.39 is 4.92 Å². The van der Waals surface area contributed by atoms with Crippen molar-refractivity contribution in [2.75, 3.05) is 0 Å². The topological polar surface area (TPSA) is 69.2 Å². The first kappa shape index (κ1) is 11.7. The van der Waals surface area contributed by atoms with E-state index in [1.54, 1.807) is 19.9 Å². The molecule has 0 amide bonds. The van der Waals surface area contributed by atoms with Crippen LogP contribution in [0.2, 0.25) is 0 Å². The Morgan fingerprint density at radius 2 is 2.00 bits per heavy atom. The molecule has 0 fully saturated rings. The molecule has 0 aromatic heterocycles. The minimum atomic E-state index is -0.521. The molecule has 2 N–H and O–H groups in total. The molecule has 0 aliphatic carbocycles. The van der Waals surface area contributed by atoms with Crippen molar-refractivity contribution in [1.82, 2.24) is 0 Å². The zero-order valence-electron chi connectivity index (χ0n) is 7.45. The van der Waals surface area contributed by atoms with E-state index in [1.165, 1.54) is 12.2 Å². The fourth-order valence-corrected chi connectivity index (χ4v) is 0.691. The molecule has 0 heterocycles. The lowest BCUT2D eigenvalue weighted by Crippen LogP contribution is -2.02. The Kier molecular flexibility index (Phi) is 4.84. The summed E-state index contributed by atoms with van der Waals surface area (Å²) in [6.45, 7) is 3.26. The molecule has 0 aliphatic heterocycles. The van der Waals surface area contributed by atoms with Gasteiger partial charge in [0.2, 0.25) is 0 Å². The van der Waals surface area contributed by atoms with Gasteiger partial charge in [0.05, 0.1) is 15.7 Å². The summed E-state index contributed by atoms with van der Waals surface area (Å²) in [5.41, 5.74) is 5.57. The smallest absolute Gasteiger partial charge is 0.267 e. The molecule has 0 saturated carbocycles. The lowest BCUT2D eigenvalue weighted by atomic mass is 10.3. The molecule has 5 heteroatoms. The van der Waals surface area contributed by atoms with E-state index in [4.69, 9.17) is 17.3 Å². The summed E-state index contributed by atoms with van der Waals surface area (Å²) in [4.78, 5) is 9.83. The van der Waals surface area contributed by atoms with Crippen LogP contribution < -0.4 is 5.73 Å². The quantitative estimate of drug-likeness (QED) is 0.433. The Hall–Kier alpha value is -1.29. The van der Waals surface area contributed by atoms with E-state index >= 15 is 0 Å². The summed E-state index contributed by atoms with van der Waals surface area (Å²) in [5.74, 6) is 0. The first-order chi connectivity index (χ1) is 6.02. The minimum Gasteiger partial charge on any atom is -0.397 e. The summed E-state index contributed by atoms with van der Waals surface area (Å²) in [5, 5.41) is 10.7. The van der Waals surface area contributed by atoms with Crippen LogP contribution in [0, 0.1) is 10.1 Å². The minimum absolute atomic E-state index is 0.0718. The van der Waals surface area contributed by atoms with E-state index in [0.29, 0.717) is 5.03 Å². The molecule has 72 valence electrons. The van der Waals surface area contributed by atoms with Gasteiger partial charge >= 0.3 is 0 Å². The molecule has 0 rings (SSSR count). The zero-order chi connectivity index (χ0) is 10.4. The summed E-state index contributed by atoms with van der Waals surface area (Å²) >= 11 is 5.64. The van der Waals surface area contributed by atoms with Crippen LogP contribution in [0.5, 0.6) is 0 Å². The van der Waals surface area contributed by atoms with Crippen molar-refractivity contribution in [3.05, 3.63) is 44.8 Å². The van der Waals surface area contributed by atoms with Crippen molar-refractivity contribution in [3.8, 4) is 0 Å². The van der Waals surface area contributed by atoms with Crippen molar-refractivity contribution < 1.29 is 4.92 Å². The molecule has 4 nitrogen and oxygen atoms in total. The van der Waals surface area contributed by atoms with Crippen molar-refractivity contribution >= 4 is 11.6 Å². The maximum atomic E-state index is 10.4. The number of rotatable bonds is 3. The highest BCUT2D eigenvalue weighted by molar-refractivity contribution is 6.31. The van der Waals surface area contributed by atoms with E-state index in [0.717, 1.165) is 0 Å². The maximum Gasteiger partial charge on any atom is 0.267 e. The molecule has 0 unspecified atom stereocenters. The lowest BCUT2D eigenvalue weighted by molar-refractivity contribution is -0.419. The highest BCUT2D eigenvalue weighted by atomic mass is 35.5. The van der Waals surface area contributed by atoms with Crippen LogP contribution in [0.4, 0.5) is 0 Å². The average Bonchev–Trinajstić information content (AvgIpc) is 2.11. The summed E-state index contributed by atoms with van der Waals surface area (Å²) in [7, 11) is 0. The predicted octanol–water partition coefficient (Wildman–Crippen LogP) is 2.15. The van der Waals surface area contributed by atoms with Crippen molar-refractivity contribution in [3.63, 3.8) is 0 Å². The van der Waals surface area contributed by atoms with Gasteiger partial charge < -0.3 is 5.73 Å². The Morgan fingerprint density at radius 1 is 1.46 bits per heavy atom. The van der Waals surface area contributed by atoms with Crippen LogP contribution >= 0.6 is 11.6 Å². The van der Waals surface area contributed by atoms with Gasteiger partial charge in [-0.25, -0.2) is 0 Å². The second-order valence-electron chi connectivity index (χ2n) is 2.21. The Labute approximate surface area is 81.5 Å². The van der Waals surface area contributed by atoms with Gasteiger partial charge in [-0.1, -0.05) is 17.7 Å². The van der Waals surface area contributed by atoms with E-state index in [2.05, 4.69) is 0 Å². The molecular formula is C8H11ClN2O2. The van der Waals surface area contributed by atoms with Gasteiger partial charge in [0.15, 0.2) is 0 Å². The number of nitrogens with zero attached hydrogens (tertiary/aromatic N) is 1. The summed E-state index contributed by atoms with van der Waals surface area (Å²) in [6, 6.07) is 0. The molecule has 13 heavy (non-hydrogen) atoms. The van der Waals surface area contributed by atoms with Gasteiger partial charge in [-0.3, -0.25) is 10.1 Å². The van der Waals surface area contributed by atoms with Crippen LogP contribution in [-0.4, -0.2) is 4.92 Å². The van der Waals surface area contributed by atoms with Crippen LogP contribution in [0.15, 0.2) is 34.7 Å². The Bertz CT molecular complexity index is 293. The summed E-state index contributed by atoms with van der Waals surface area (Å²) < 4.78 is 0. The van der Waals surface area contributed by atoms with Crippen molar-refractivity contribution in [2.45, 2.75) is 13.8 Å². The zero-order valence-corrected chi connectivity index (χ0v) is 8.21. The standard InChI is InChI=1S/C8H11ClN2O2/c1-3-6(11(12)13)5-8(10)7(9)4-2/h3-5H,10H2,1-2H3/b6-3+,7-4+,8-5+. The molecular weight excluding hydrogens is 192 g/mol. The van der Waals surface area contributed by atoms with Gasteiger partial charge in [0.25, 0.3) is 5.70 Å². The molecule has 0 bridgehead atoms. The number of allylic oxidation sites excluding steroid dienone is 4. The molecule has 0 aromatic rings. The van der Waals surface area contributed by atoms with Crippen molar-refractivity contribution in [2.24, 2.45) is 5.73 Å². The molecule has 0 aromatic carbocycles. The molecule has 0 spiro atoms. The number of nitrogens with two attached hydrogens (primary N) is 1. The van der Waals surface area contributed by atoms with Gasteiger partial charge in [-0.2, -0.15) is 0 Å². The van der Waals surface area contributed by atoms with E-state index in [9.17, 15) is 10.1 Å². The predicted molar refractivity (Wildman–Crippen MR) is 52.6 cm³/mol. The highest BCUT2D eigenvalue weighted by Crippen LogP contribution is 2.11. The lowest BCUT2D eigenvalue weighted by Gasteiger charge is -1.96. The second-order valence-corrected chi connectivity index (χ2v) is 2.61. The van der Waals surface area contributed by atoms with Crippen LogP contribution in [0.3, 0.4) is 0 Å². The van der Waals surface area contributed by atoms with Crippen LogP contribution in [0.1, 0.15) is 13.8 Å². The third-order valence-electron chi connectivity index (χ3n) is 1.34. The van der Waals surface area contributed by atoms with Gasteiger partial charge in [-0.05, 0) is 19.9 Å². The van der Waals surface area contributed by atoms with Gasteiger partial charge in [0.1, 0.15) is 0 Å². The fraction of sp³-hybridized carbons (Fsp3) is 0.250. The SMILES string of the molecule is C\C=C(Cl)/C(N)=C\C(=C/C)[N+](=O)[O-]. The molecule has 0 radical (unpaired) electrons. The van der Waals surface area contributed by atoms with E-state index in [1.807, 2.05) is 0 Å². The van der Waals surface area contributed by atoms with Crippen LogP contribution in [-0.2, 0) is 0 Å². The first-order valence-electron chi connectivity index (χ1n) is 3.63. The number of hydrogen-bond donors (Lipinski definition) is 1. The Balaban J connectivity index is 4.84. The molecule has 0 aliphatic rings. The molecule has 0 saturated heterocycles. The summed E-state index contributed by atoms with van der Waals surface area (Å²) in [6.07, 6.45) is 4.15. The van der Waals surface area contributed by atoms with Crippen molar-refractivity contribution in [1.29, 1.82) is 0 Å². The largest absolute Gasteiger partial charge is 0.397 e. The van der Waals surface area contributed by atoms with Gasteiger partial charge in [-0.15, -0.1) is 0 Å². The second kappa shape index (κ2) is 5.37. The van der Waals surface area contributed by atoms with E-state index in [-0.39, 0.29) is 11.4 Å². The van der Waals surface area contributed by atoms with Gasteiger partial charge in [0, 0.05) is 6.08 Å². The number of hydrogen-bond acceptors (Lipinski definition) is 3. The third kappa shape index (κ3) is 3.75. The monoisotopic (exact) mass is 202 g/mol. The average molecular weight is 203 g/mol. The number of nitro groups is 1. The maximum absolute atomic E-state index is 10.4. The Morgan fingerprint density at radius 3 is 2.31 bits per heavy atom. The first-order valence-corrected chi connectivity index (χ1v) is 4.00. The normalized spacial score (nSPS) is 14.5. The highest BCUT2D eigenvalue weighted by Gasteiger charge is 2.06. The molecule has 0 atom stereocenters.